The summed E-state index contributed by atoms with van der Waals surface area (Å²) in [6.07, 6.45) is 0. The first-order chi connectivity index (χ1) is 7.96. The number of hydrogen-bond acceptors (Lipinski definition) is 1. The number of rotatable bonds is 2. The lowest BCUT2D eigenvalue weighted by molar-refractivity contribution is -0.0547. The molecule has 0 aliphatic rings. The summed E-state index contributed by atoms with van der Waals surface area (Å²) in [5.74, 6) is 0. The van der Waals surface area contributed by atoms with Crippen molar-refractivity contribution >= 4 is 0 Å². The van der Waals surface area contributed by atoms with Gasteiger partial charge in [0.2, 0.25) is 0 Å². The predicted octanol–water partition coefficient (Wildman–Crippen LogP) is 5.59. The van der Waals surface area contributed by atoms with E-state index in [1.165, 1.54) is 0 Å². The maximum Gasteiger partial charge on any atom is 0.0198 e. The van der Waals surface area contributed by atoms with Crippen molar-refractivity contribution in [1.82, 2.24) is 4.90 Å². The maximum absolute atomic E-state index is 2.73. The van der Waals surface area contributed by atoms with E-state index >= 15 is 0 Å². The lowest BCUT2D eigenvalue weighted by atomic mass is 9.69. The normalized spacial score (nSPS) is 15.5. The van der Waals surface area contributed by atoms with E-state index in [9.17, 15) is 0 Å². The van der Waals surface area contributed by atoms with Gasteiger partial charge in [-0.25, -0.2) is 0 Å². The molecule has 0 atom stereocenters. The van der Waals surface area contributed by atoms with Gasteiger partial charge in [0, 0.05) is 18.1 Å². The lowest BCUT2D eigenvalue weighted by Crippen LogP contribution is -2.60. The van der Waals surface area contributed by atoms with Crippen LogP contribution in [0.5, 0.6) is 0 Å². The zero-order valence-corrected chi connectivity index (χ0v) is 15.7. The first-order valence-electron chi connectivity index (χ1n) is 7.73. The molecule has 0 saturated carbocycles. The topological polar surface area (TPSA) is 3.24 Å². The quantitative estimate of drug-likeness (QED) is 0.631. The first kappa shape index (κ1) is 19.0. The standard InChI is InChI=1S/C18H39N/c1-15(2,3)13-19(18(10,11)12)14(16(4,5)6)17(7,8)9/h14H,13H2,1-12H3. The van der Waals surface area contributed by atoms with Crippen LogP contribution >= 0.6 is 0 Å². The molecule has 0 radical (unpaired) electrons. The van der Waals surface area contributed by atoms with Crippen molar-refractivity contribution in [2.24, 2.45) is 16.2 Å². The van der Waals surface area contributed by atoms with Gasteiger partial charge in [-0.3, -0.25) is 4.90 Å². The SMILES string of the molecule is CC(C)(C)CN(C(C(C)(C)C)C(C)(C)C)C(C)(C)C. The van der Waals surface area contributed by atoms with E-state index in [0.29, 0.717) is 11.5 Å². The summed E-state index contributed by atoms with van der Waals surface area (Å²) in [5.41, 5.74) is 1.06. The molecule has 0 bridgehead atoms. The van der Waals surface area contributed by atoms with E-state index in [0.717, 1.165) is 6.54 Å². The molecule has 19 heavy (non-hydrogen) atoms. The van der Waals surface area contributed by atoms with Gasteiger partial charge < -0.3 is 0 Å². The highest BCUT2D eigenvalue weighted by molar-refractivity contribution is 4.97. The second kappa shape index (κ2) is 5.39. The Morgan fingerprint density at radius 1 is 0.632 bits per heavy atom. The fraction of sp³-hybridized carbons (Fsp3) is 1.00. The monoisotopic (exact) mass is 269 g/mol. The van der Waals surface area contributed by atoms with Crippen LogP contribution in [0.1, 0.15) is 83.1 Å². The Morgan fingerprint density at radius 3 is 1.11 bits per heavy atom. The van der Waals surface area contributed by atoms with Crippen molar-refractivity contribution in [3.05, 3.63) is 0 Å². The molecule has 116 valence electrons. The number of hydrogen-bond donors (Lipinski definition) is 0. The molecule has 0 aromatic heterocycles. The highest BCUT2D eigenvalue weighted by atomic mass is 15.2. The minimum Gasteiger partial charge on any atom is -0.294 e. The average Bonchev–Trinajstić information content (AvgIpc) is 1.91. The molecule has 0 aromatic carbocycles. The van der Waals surface area contributed by atoms with Crippen LogP contribution in [0.15, 0.2) is 0 Å². The van der Waals surface area contributed by atoms with Crippen molar-refractivity contribution in [1.29, 1.82) is 0 Å². The van der Waals surface area contributed by atoms with E-state index < -0.39 is 0 Å². The van der Waals surface area contributed by atoms with Crippen LogP contribution in [0.25, 0.3) is 0 Å². The average molecular weight is 270 g/mol. The second-order valence-electron chi connectivity index (χ2n) is 10.5. The minimum absolute atomic E-state index is 0.193. The summed E-state index contributed by atoms with van der Waals surface area (Å²) in [6, 6.07) is 0.555. The molecule has 0 aliphatic heterocycles. The van der Waals surface area contributed by atoms with Gasteiger partial charge >= 0.3 is 0 Å². The van der Waals surface area contributed by atoms with Gasteiger partial charge in [-0.1, -0.05) is 62.3 Å². The van der Waals surface area contributed by atoms with Gasteiger partial charge in [0.25, 0.3) is 0 Å². The molecule has 1 nitrogen and oxygen atoms in total. The van der Waals surface area contributed by atoms with E-state index in [1.54, 1.807) is 0 Å². The van der Waals surface area contributed by atoms with E-state index in [1.807, 2.05) is 0 Å². The first-order valence-corrected chi connectivity index (χ1v) is 7.73. The highest BCUT2D eigenvalue weighted by Gasteiger charge is 2.44. The molecule has 0 N–H and O–H groups in total. The van der Waals surface area contributed by atoms with E-state index in [-0.39, 0.29) is 16.4 Å². The molecule has 1 heteroatoms. The summed E-state index contributed by atoms with van der Waals surface area (Å²) >= 11 is 0. The third-order valence-corrected chi connectivity index (χ3v) is 3.46. The van der Waals surface area contributed by atoms with Crippen LogP contribution in [0, 0.1) is 16.2 Å². The van der Waals surface area contributed by atoms with Crippen molar-refractivity contribution < 1.29 is 0 Å². The smallest absolute Gasteiger partial charge is 0.0198 e. The molecule has 0 fully saturated rings. The van der Waals surface area contributed by atoms with E-state index in [2.05, 4.69) is 88.0 Å². The molecule has 0 spiro atoms. The Hall–Kier alpha value is -0.0400. The van der Waals surface area contributed by atoms with E-state index in [4.69, 9.17) is 0 Å². The summed E-state index contributed by atoms with van der Waals surface area (Å²) in [5, 5.41) is 0. The molecular weight excluding hydrogens is 230 g/mol. The Kier molecular flexibility index (Phi) is 5.38. The summed E-state index contributed by atoms with van der Waals surface area (Å²) < 4.78 is 0. The van der Waals surface area contributed by atoms with Crippen LogP contribution in [-0.4, -0.2) is 23.0 Å². The summed E-state index contributed by atoms with van der Waals surface area (Å²) in [4.78, 5) is 2.73. The van der Waals surface area contributed by atoms with Crippen LogP contribution in [-0.2, 0) is 0 Å². The molecule has 0 rings (SSSR count). The number of nitrogens with zero attached hydrogens (tertiary/aromatic N) is 1. The zero-order chi connectivity index (χ0) is 15.9. The lowest BCUT2D eigenvalue weighted by Gasteiger charge is -2.54. The van der Waals surface area contributed by atoms with Crippen LogP contribution in [0.3, 0.4) is 0 Å². The highest BCUT2D eigenvalue weighted by Crippen LogP contribution is 2.41. The van der Waals surface area contributed by atoms with Crippen molar-refractivity contribution in [2.75, 3.05) is 6.54 Å². The molecule has 0 heterocycles. The zero-order valence-electron chi connectivity index (χ0n) is 15.7. The molecule has 0 unspecified atom stereocenters. The summed E-state index contributed by atoms with van der Waals surface area (Å²) in [7, 11) is 0. The van der Waals surface area contributed by atoms with Crippen molar-refractivity contribution in [3.63, 3.8) is 0 Å². The fourth-order valence-corrected chi connectivity index (χ4v) is 3.46. The molecule has 0 aliphatic carbocycles. The third kappa shape index (κ3) is 6.29. The van der Waals surface area contributed by atoms with Gasteiger partial charge in [-0.15, -0.1) is 0 Å². The Balaban J connectivity index is 5.66. The van der Waals surface area contributed by atoms with Gasteiger partial charge in [-0.05, 0) is 37.0 Å². The van der Waals surface area contributed by atoms with Crippen LogP contribution in [0.2, 0.25) is 0 Å². The molecular formula is C18H39N. The van der Waals surface area contributed by atoms with Gasteiger partial charge in [0.1, 0.15) is 0 Å². The predicted molar refractivity (Wildman–Crippen MR) is 88.6 cm³/mol. The van der Waals surface area contributed by atoms with Crippen LogP contribution in [0.4, 0.5) is 0 Å². The molecule has 0 saturated heterocycles. The second-order valence-corrected chi connectivity index (χ2v) is 10.5. The fourth-order valence-electron chi connectivity index (χ4n) is 3.46. The van der Waals surface area contributed by atoms with Gasteiger partial charge in [-0.2, -0.15) is 0 Å². The Labute approximate surface area is 123 Å². The largest absolute Gasteiger partial charge is 0.294 e. The van der Waals surface area contributed by atoms with Gasteiger partial charge in [0.15, 0.2) is 0 Å². The third-order valence-electron chi connectivity index (χ3n) is 3.46. The van der Waals surface area contributed by atoms with Crippen LogP contribution < -0.4 is 0 Å². The molecule has 0 amide bonds. The van der Waals surface area contributed by atoms with Crippen molar-refractivity contribution in [3.8, 4) is 0 Å². The van der Waals surface area contributed by atoms with Crippen molar-refractivity contribution in [2.45, 2.75) is 94.7 Å². The summed E-state index contributed by atoms with van der Waals surface area (Å²) in [6.45, 7) is 29.5. The molecule has 0 aromatic rings. The maximum atomic E-state index is 2.73. The minimum atomic E-state index is 0.193. The van der Waals surface area contributed by atoms with Gasteiger partial charge in [0.05, 0.1) is 0 Å². The Bertz CT molecular complexity index is 261. The Morgan fingerprint density at radius 2 is 0.947 bits per heavy atom.